The highest BCUT2D eigenvalue weighted by Gasteiger charge is 2.21. The molecule has 0 aliphatic carbocycles. The van der Waals surface area contributed by atoms with E-state index in [1.807, 2.05) is 35.2 Å². The van der Waals surface area contributed by atoms with E-state index in [1.165, 1.54) is 5.69 Å². The zero-order valence-electron chi connectivity index (χ0n) is 11.8. The third-order valence-electron chi connectivity index (χ3n) is 3.59. The maximum Gasteiger partial charge on any atom is 0.323 e. The predicted octanol–water partition coefficient (Wildman–Crippen LogP) is 2.44. The summed E-state index contributed by atoms with van der Waals surface area (Å²) in [4.78, 5) is 20.4. The number of benzene rings is 1. The van der Waals surface area contributed by atoms with Crippen LogP contribution >= 0.6 is 0 Å². The number of nitrogens with one attached hydrogen (secondary N) is 1. The summed E-state index contributed by atoms with van der Waals surface area (Å²) in [5, 5.41) is 2.82. The van der Waals surface area contributed by atoms with E-state index in [4.69, 9.17) is 0 Å². The maximum atomic E-state index is 12.2. The van der Waals surface area contributed by atoms with Crippen molar-refractivity contribution in [2.45, 2.75) is 0 Å². The highest BCUT2D eigenvalue weighted by molar-refractivity contribution is 5.88. The third-order valence-corrected chi connectivity index (χ3v) is 3.59. The molecule has 1 aliphatic rings. The Hall–Kier alpha value is -2.56. The number of urea groups is 1. The largest absolute Gasteiger partial charge is 0.368 e. The number of anilines is 2. The fraction of sp³-hybridized carbons (Fsp3) is 0.250. The number of aromatic nitrogens is 1. The first kappa shape index (κ1) is 13.4. The molecule has 1 N–H and O–H groups in total. The third kappa shape index (κ3) is 3.31. The Morgan fingerprint density at radius 3 is 2.33 bits per heavy atom. The van der Waals surface area contributed by atoms with Crippen LogP contribution in [0.2, 0.25) is 0 Å². The van der Waals surface area contributed by atoms with E-state index < -0.39 is 0 Å². The van der Waals surface area contributed by atoms with Crippen molar-refractivity contribution in [3.05, 3.63) is 54.7 Å². The Bertz CT molecular complexity index is 580. The van der Waals surface area contributed by atoms with Crippen LogP contribution in [0.1, 0.15) is 0 Å². The van der Waals surface area contributed by atoms with E-state index in [2.05, 4.69) is 27.3 Å². The van der Waals surface area contributed by atoms with E-state index in [9.17, 15) is 4.79 Å². The Balaban J connectivity index is 1.55. The van der Waals surface area contributed by atoms with Crippen LogP contribution in [0.3, 0.4) is 0 Å². The zero-order valence-corrected chi connectivity index (χ0v) is 11.8. The van der Waals surface area contributed by atoms with Gasteiger partial charge < -0.3 is 9.80 Å². The number of hydrogen-bond acceptors (Lipinski definition) is 3. The van der Waals surface area contributed by atoms with Gasteiger partial charge in [-0.15, -0.1) is 0 Å². The second kappa shape index (κ2) is 6.26. The van der Waals surface area contributed by atoms with Gasteiger partial charge in [-0.1, -0.05) is 24.3 Å². The predicted molar refractivity (Wildman–Crippen MR) is 83.5 cm³/mol. The molecule has 0 bridgehead atoms. The molecule has 108 valence electrons. The molecule has 1 saturated heterocycles. The van der Waals surface area contributed by atoms with Crippen molar-refractivity contribution < 1.29 is 4.79 Å². The summed E-state index contributed by atoms with van der Waals surface area (Å²) < 4.78 is 0. The smallest absolute Gasteiger partial charge is 0.323 e. The van der Waals surface area contributed by atoms with Gasteiger partial charge in [-0.25, -0.2) is 9.78 Å². The number of amides is 2. The Labute approximate surface area is 124 Å². The molecule has 1 aromatic heterocycles. The van der Waals surface area contributed by atoms with Crippen molar-refractivity contribution in [3.63, 3.8) is 0 Å². The number of carbonyl (C=O) groups excluding carboxylic acids is 1. The summed E-state index contributed by atoms with van der Waals surface area (Å²) in [7, 11) is 0. The van der Waals surface area contributed by atoms with Crippen LogP contribution in [0.25, 0.3) is 0 Å². The number of carbonyl (C=O) groups is 1. The standard InChI is InChI=1S/C16H18N4O/c21-16(18-15-8-4-5-9-17-15)20-12-10-19(11-13-20)14-6-2-1-3-7-14/h1-9H,10-13H2,(H,17,18,21). The molecule has 1 fully saturated rings. The minimum Gasteiger partial charge on any atom is -0.368 e. The molecule has 0 saturated carbocycles. The summed E-state index contributed by atoms with van der Waals surface area (Å²) in [6.07, 6.45) is 1.67. The topological polar surface area (TPSA) is 48.5 Å². The first-order chi connectivity index (χ1) is 10.3. The number of nitrogens with zero attached hydrogens (tertiary/aromatic N) is 3. The van der Waals surface area contributed by atoms with Crippen LogP contribution in [-0.2, 0) is 0 Å². The van der Waals surface area contributed by atoms with Crippen LogP contribution in [0.4, 0.5) is 16.3 Å². The molecule has 5 heteroatoms. The Kier molecular flexibility index (Phi) is 4.00. The molecular formula is C16H18N4O. The Morgan fingerprint density at radius 1 is 0.952 bits per heavy atom. The van der Waals surface area contributed by atoms with Crippen molar-refractivity contribution in [2.75, 3.05) is 36.4 Å². The lowest BCUT2D eigenvalue weighted by molar-refractivity contribution is 0.208. The van der Waals surface area contributed by atoms with Gasteiger partial charge in [0.1, 0.15) is 5.82 Å². The van der Waals surface area contributed by atoms with E-state index >= 15 is 0 Å². The average Bonchev–Trinajstić information content (AvgIpc) is 2.57. The van der Waals surface area contributed by atoms with Crippen molar-refractivity contribution in [3.8, 4) is 0 Å². The summed E-state index contributed by atoms with van der Waals surface area (Å²) in [6, 6.07) is 15.7. The lowest BCUT2D eigenvalue weighted by atomic mass is 10.2. The van der Waals surface area contributed by atoms with Crippen LogP contribution < -0.4 is 10.2 Å². The van der Waals surface area contributed by atoms with E-state index in [0.717, 1.165) is 13.1 Å². The van der Waals surface area contributed by atoms with Gasteiger partial charge in [0.2, 0.25) is 0 Å². The number of piperazine rings is 1. The normalized spacial score (nSPS) is 14.9. The van der Waals surface area contributed by atoms with Gasteiger partial charge in [0.25, 0.3) is 0 Å². The number of rotatable bonds is 2. The van der Waals surface area contributed by atoms with Crippen LogP contribution in [0, 0.1) is 0 Å². The van der Waals surface area contributed by atoms with E-state index in [0.29, 0.717) is 18.9 Å². The summed E-state index contributed by atoms with van der Waals surface area (Å²) >= 11 is 0. The summed E-state index contributed by atoms with van der Waals surface area (Å²) in [6.45, 7) is 3.13. The zero-order chi connectivity index (χ0) is 14.5. The molecule has 0 spiro atoms. The molecule has 2 amide bonds. The van der Waals surface area contributed by atoms with Gasteiger partial charge in [0.15, 0.2) is 0 Å². The van der Waals surface area contributed by atoms with Crippen molar-refractivity contribution in [1.82, 2.24) is 9.88 Å². The second-order valence-corrected chi connectivity index (χ2v) is 4.95. The molecule has 2 heterocycles. The second-order valence-electron chi connectivity index (χ2n) is 4.95. The molecule has 1 aromatic carbocycles. The maximum absolute atomic E-state index is 12.2. The molecular weight excluding hydrogens is 264 g/mol. The monoisotopic (exact) mass is 282 g/mol. The summed E-state index contributed by atoms with van der Waals surface area (Å²) in [5.41, 5.74) is 1.21. The van der Waals surface area contributed by atoms with Gasteiger partial charge >= 0.3 is 6.03 Å². The quantitative estimate of drug-likeness (QED) is 0.920. The molecule has 0 radical (unpaired) electrons. The minimum absolute atomic E-state index is 0.0820. The van der Waals surface area contributed by atoms with Gasteiger partial charge in [-0.05, 0) is 24.3 Å². The molecule has 5 nitrogen and oxygen atoms in total. The SMILES string of the molecule is O=C(Nc1ccccn1)N1CCN(c2ccccc2)CC1. The van der Waals surface area contributed by atoms with Gasteiger partial charge in [-0.2, -0.15) is 0 Å². The number of pyridine rings is 1. The number of hydrogen-bond donors (Lipinski definition) is 1. The Morgan fingerprint density at radius 2 is 1.67 bits per heavy atom. The lowest BCUT2D eigenvalue weighted by Gasteiger charge is -2.36. The van der Waals surface area contributed by atoms with Crippen molar-refractivity contribution in [1.29, 1.82) is 0 Å². The van der Waals surface area contributed by atoms with Crippen LogP contribution in [-0.4, -0.2) is 42.1 Å². The molecule has 21 heavy (non-hydrogen) atoms. The average molecular weight is 282 g/mol. The highest BCUT2D eigenvalue weighted by Crippen LogP contribution is 2.16. The molecule has 1 aliphatic heterocycles. The van der Waals surface area contributed by atoms with Gasteiger partial charge in [0, 0.05) is 38.1 Å². The van der Waals surface area contributed by atoms with E-state index in [-0.39, 0.29) is 6.03 Å². The number of para-hydroxylation sites is 1. The fourth-order valence-corrected chi connectivity index (χ4v) is 2.43. The van der Waals surface area contributed by atoms with Crippen LogP contribution in [0.15, 0.2) is 54.7 Å². The van der Waals surface area contributed by atoms with Crippen molar-refractivity contribution in [2.24, 2.45) is 0 Å². The fourth-order valence-electron chi connectivity index (χ4n) is 2.43. The minimum atomic E-state index is -0.0820. The van der Waals surface area contributed by atoms with Crippen LogP contribution in [0.5, 0.6) is 0 Å². The lowest BCUT2D eigenvalue weighted by Crippen LogP contribution is -2.50. The molecule has 0 atom stereocenters. The molecule has 3 rings (SSSR count). The van der Waals surface area contributed by atoms with Gasteiger partial charge in [0.05, 0.1) is 0 Å². The van der Waals surface area contributed by atoms with Crippen molar-refractivity contribution >= 4 is 17.5 Å². The van der Waals surface area contributed by atoms with E-state index in [1.54, 1.807) is 12.3 Å². The first-order valence-electron chi connectivity index (χ1n) is 7.10. The molecule has 0 unspecified atom stereocenters. The van der Waals surface area contributed by atoms with Gasteiger partial charge in [-0.3, -0.25) is 5.32 Å². The summed E-state index contributed by atoms with van der Waals surface area (Å²) in [5.74, 6) is 0.591. The molecule has 2 aromatic rings. The highest BCUT2D eigenvalue weighted by atomic mass is 16.2. The first-order valence-corrected chi connectivity index (χ1v) is 7.10.